The molecule has 0 aliphatic rings. The Labute approximate surface area is 123 Å². The second-order valence-corrected chi connectivity index (χ2v) is 5.66. The van der Waals surface area contributed by atoms with E-state index >= 15 is 0 Å². The van der Waals surface area contributed by atoms with E-state index in [1.54, 1.807) is 12.4 Å². The molecule has 1 heterocycles. The van der Waals surface area contributed by atoms with Crippen LogP contribution in [0, 0.1) is 0 Å². The number of aromatic nitrogens is 2. The Morgan fingerprint density at radius 1 is 1.15 bits per heavy atom. The average Bonchev–Trinajstić information content (AvgIpc) is 2.42. The molecule has 0 fully saturated rings. The Hall–Kier alpha value is -1.16. The van der Waals surface area contributed by atoms with Crippen LogP contribution in [0.5, 0.6) is 5.88 Å². The summed E-state index contributed by atoms with van der Waals surface area (Å²) in [7, 11) is 0. The fourth-order valence-electron chi connectivity index (χ4n) is 1.96. The van der Waals surface area contributed by atoms with Crippen molar-refractivity contribution in [2.45, 2.75) is 78.5 Å². The summed E-state index contributed by atoms with van der Waals surface area (Å²) in [4.78, 5) is 8.68. The Morgan fingerprint density at radius 2 is 1.95 bits per heavy atom. The minimum Gasteiger partial charge on any atom is -0.474 e. The number of unbranched alkanes of at least 4 members (excludes halogenated alkanes) is 3. The van der Waals surface area contributed by atoms with Crippen LogP contribution in [0.1, 0.15) is 65.5 Å². The van der Waals surface area contributed by atoms with E-state index in [4.69, 9.17) is 4.74 Å². The third-order valence-corrected chi connectivity index (χ3v) is 3.14. The quantitative estimate of drug-likeness (QED) is 0.663. The van der Waals surface area contributed by atoms with Gasteiger partial charge in [-0.1, -0.05) is 40.0 Å². The number of hydrogen-bond donors (Lipinski definition) is 1. The molecule has 0 radical (unpaired) electrons. The average molecular weight is 279 g/mol. The maximum atomic E-state index is 5.84. The van der Waals surface area contributed by atoms with E-state index in [0.29, 0.717) is 11.9 Å². The minimum absolute atomic E-state index is 0.203. The first-order valence-corrected chi connectivity index (χ1v) is 7.82. The third-order valence-electron chi connectivity index (χ3n) is 3.14. The molecule has 1 unspecified atom stereocenters. The predicted octanol–water partition coefficient (Wildman–Crippen LogP) is 3.71. The van der Waals surface area contributed by atoms with Crippen molar-refractivity contribution in [2.24, 2.45) is 0 Å². The molecule has 0 amide bonds. The van der Waals surface area contributed by atoms with Gasteiger partial charge in [0.05, 0.1) is 18.0 Å². The number of ether oxygens (including phenoxy) is 1. The van der Waals surface area contributed by atoms with Crippen LogP contribution in [0.25, 0.3) is 0 Å². The summed E-state index contributed by atoms with van der Waals surface area (Å²) in [6.45, 7) is 9.30. The molecule has 4 nitrogen and oxygen atoms in total. The van der Waals surface area contributed by atoms with Gasteiger partial charge < -0.3 is 10.1 Å². The molecule has 0 aliphatic carbocycles. The first-order chi connectivity index (χ1) is 9.61. The third kappa shape index (κ3) is 7.43. The van der Waals surface area contributed by atoms with Crippen molar-refractivity contribution in [3.05, 3.63) is 18.1 Å². The molecule has 1 aromatic rings. The van der Waals surface area contributed by atoms with E-state index in [1.165, 1.54) is 25.7 Å². The zero-order chi connectivity index (χ0) is 14.8. The van der Waals surface area contributed by atoms with Crippen LogP contribution in [0.2, 0.25) is 0 Å². The fraction of sp³-hybridized carbons (Fsp3) is 0.750. The maximum Gasteiger partial charge on any atom is 0.232 e. The van der Waals surface area contributed by atoms with Crippen LogP contribution in [-0.2, 0) is 6.54 Å². The van der Waals surface area contributed by atoms with Crippen molar-refractivity contribution < 1.29 is 4.74 Å². The van der Waals surface area contributed by atoms with Gasteiger partial charge in [0.25, 0.3) is 0 Å². The normalized spacial score (nSPS) is 12.7. The monoisotopic (exact) mass is 279 g/mol. The molecular weight excluding hydrogens is 250 g/mol. The van der Waals surface area contributed by atoms with Crippen molar-refractivity contribution in [1.82, 2.24) is 15.3 Å². The number of nitrogens with one attached hydrogen (secondary N) is 1. The SMILES string of the molecule is CCCCCCC(C)Oc1cncc(CNC(C)C)n1. The lowest BCUT2D eigenvalue weighted by Crippen LogP contribution is -2.22. The second kappa shape index (κ2) is 9.70. The first-order valence-electron chi connectivity index (χ1n) is 7.82. The zero-order valence-corrected chi connectivity index (χ0v) is 13.4. The summed E-state index contributed by atoms with van der Waals surface area (Å²) in [5, 5.41) is 3.33. The highest BCUT2D eigenvalue weighted by molar-refractivity contribution is 5.08. The topological polar surface area (TPSA) is 47.0 Å². The van der Waals surface area contributed by atoms with Gasteiger partial charge in [0.1, 0.15) is 0 Å². The van der Waals surface area contributed by atoms with Gasteiger partial charge in [0.15, 0.2) is 0 Å². The Kier molecular flexibility index (Phi) is 8.19. The summed E-state index contributed by atoms with van der Waals surface area (Å²) in [6, 6.07) is 0.443. The highest BCUT2D eigenvalue weighted by Crippen LogP contribution is 2.12. The number of nitrogens with zero attached hydrogens (tertiary/aromatic N) is 2. The van der Waals surface area contributed by atoms with Crippen LogP contribution < -0.4 is 10.1 Å². The fourth-order valence-corrected chi connectivity index (χ4v) is 1.96. The molecule has 0 aliphatic heterocycles. The minimum atomic E-state index is 0.203. The van der Waals surface area contributed by atoms with Crippen LogP contribution >= 0.6 is 0 Å². The summed E-state index contributed by atoms with van der Waals surface area (Å²) >= 11 is 0. The predicted molar refractivity (Wildman–Crippen MR) is 82.9 cm³/mol. The number of hydrogen-bond acceptors (Lipinski definition) is 4. The van der Waals surface area contributed by atoms with Gasteiger partial charge in [-0.25, -0.2) is 4.98 Å². The van der Waals surface area contributed by atoms with Crippen molar-refractivity contribution >= 4 is 0 Å². The summed E-state index contributed by atoms with van der Waals surface area (Å²) < 4.78 is 5.84. The molecular formula is C16H29N3O. The molecule has 0 saturated heterocycles. The van der Waals surface area contributed by atoms with Gasteiger partial charge >= 0.3 is 0 Å². The highest BCUT2D eigenvalue weighted by atomic mass is 16.5. The zero-order valence-electron chi connectivity index (χ0n) is 13.4. The van der Waals surface area contributed by atoms with Crippen LogP contribution in [0.4, 0.5) is 0 Å². The van der Waals surface area contributed by atoms with Gasteiger partial charge in [-0.2, -0.15) is 0 Å². The van der Waals surface area contributed by atoms with Gasteiger partial charge in [-0.3, -0.25) is 4.98 Å². The summed E-state index contributed by atoms with van der Waals surface area (Å²) in [5.74, 6) is 0.635. The van der Waals surface area contributed by atoms with E-state index in [-0.39, 0.29) is 6.10 Å². The maximum absolute atomic E-state index is 5.84. The van der Waals surface area contributed by atoms with Gasteiger partial charge in [0.2, 0.25) is 5.88 Å². The van der Waals surface area contributed by atoms with E-state index in [9.17, 15) is 0 Å². The van der Waals surface area contributed by atoms with Gasteiger partial charge in [-0.15, -0.1) is 0 Å². The van der Waals surface area contributed by atoms with Crippen LogP contribution in [0.15, 0.2) is 12.4 Å². The standard InChI is InChI=1S/C16H29N3O/c1-5-6-7-8-9-14(4)20-16-12-17-10-15(19-16)11-18-13(2)3/h10,12-14,18H,5-9,11H2,1-4H3. The Bertz CT molecular complexity index is 368. The van der Waals surface area contributed by atoms with Crippen molar-refractivity contribution in [3.63, 3.8) is 0 Å². The lowest BCUT2D eigenvalue weighted by Gasteiger charge is -2.14. The molecule has 4 heteroatoms. The molecule has 0 aromatic carbocycles. The Morgan fingerprint density at radius 3 is 2.65 bits per heavy atom. The lowest BCUT2D eigenvalue weighted by atomic mass is 10.1. The molecule has 1 N–H and O–H groups in total. The molecule has 1 aromatic heterocycles. The van der Waals surface area contributed by atoms with Gasteiger partial charge in [0, 0.05) is 18.8 Å². The molecule has 1 atom stereocenters. The van der Waals surface area contributed by atoms with Crippen molar-refractivity contribution in [3.8, 4) is 5.88 Å². The molecule has 0 spiro atoms. The van der Waals surface area contributed by atoms with Crippen molar-refractivity contribution in [1.29, 1.82) is 0 Å². The largest absolute Gasteiger partial charge is 0.474 e. The molecule has 114 valence electrons. The molecule has 20 heavy (non-hydrogen) atoms. The first kappa shape index (κ1) is 16.9. The van der Waals surface area contributed by atoms with E-state index in [1.807, 2.05) is 0 Å². The second-order valence-electron chi connectivity index (χ2n) is 5.66. The van der Waals surface area contributed by atoms with Crippen molar-refractivity contribution in [2.75, 3.05) is 0 Å². The summed E-state index contributed by atoms with van der Waals surface area (Å²) in [5.41, 5.74) is 0.925. The molecule has 0 saturated carbocycles. The lowest BCUT2D eigenvalue weighted by molar-refractivity contribution is 0.196. The van der Waals surface area contributed by atoms with E-state index in [0.717, 1.165) is 18.7 Å². The Balaban J connectivity index is 2.36. The van der Waals surface area contributed by atoms with E-state index < -0.39 is 0 Å². The highest BCUT2D eigenvalue weighted by Gasteiger charge is 2.06. The van der Waals surface area contributed by atoms with Gasteiger partial charge in [-0.05, 0) is 19.8 Å². The molecule has 0 bridgehead atoms. The van der Waals surface area contributed by atoms with E-state index in [2.05, 4.69) is 43.0 Å². The smallest absolute Gasteiger partial charge is 0.232 e. The summed E-state index contributed by atoms with van der Waals surface area (Å²) in [6.07, 6.45) is 9.85. The number of rotatable bonds is 10. The van der Waals surface area contributed by atoms with Crippen LogP contribution in [-0.4, -0.2) is 22.1 Å². The van der Waals surface area contributed by atoms with Crippen LogP contribution in [0.3, 0.4) is 0 Å². The molecule has 1 rings (SSSR count).